The summed E-state index contributed by atoms with van der Waals surface area (Å²) in [5.74, 6) is -0.0672. The number of carbonyl (C=O) groups excluding carboxylic acids is 1. The number of rotatable bonds is 3. The van der Waals surface area contributed by atoms with Crippen molar-refractivity contribution in [2.45, 2.75) is 4.83 Å². The van der Waals surface area contributed by atoms with E-state index in [1.54, 1.807) is 0 Å². The Morgan fingerprint density at radius 1 is 0.941 bits per heavy atom. The first-order chi connectivity index (χ1) is 8.27. The molecule has 1 atom stereocenters. The van der Waals surface area contributed by atoms with Crippen molar-refractivity contribution in [2.24, 2.45) is 0 Å². The number of anilines is 1. The van der Waals surface area contributed by atoms with Crippen LogP contribution in [0.15, 0.2) is 60.7 Å². The van der Waals surface area contributed by atoms with Gasteiger partial charge in [-0.3, -0.25) is 4.79 Å². The molecule has 0 aliphatic rings. The van der Waals surface area contributed by atoms with Crippen LogP contribution in [0.4, 0.5) is 5.69 Å². The highest BCUT2D eigenvalue weighted by atomic mass is 79.9. The van der Waals surface area contributed by atoms with E-state index in [1.807, 2.05) is 60.7 Å². The minimum atomic E-state index is -0.330. The summed E-state index contributed by atoms with van der Waals surface area (Å²) in [7, 11) is 0. The zero-order valence-electron chi connectivity index (χ0n) is 9.14. The van der Waals surface area contributed by atoms with Gasteiger partial charge >= 0.3 is 0 Å². The minimum Gasteiger partial charge on any atom is -0.325 e. The molecule has 17 heavy (non-hydrogen) atoms. The van der Waals surface area contributed by atoms with Gasteiger partial charge in [0.2, 0.25) is 5.91 Å². The van der Waals surface area contributed by atoms with Crippen LogP contribution in [-0.2, 0) is 4.79 Å². The maximum Gasteiger partial charge on any atom is 0.242 e. The van der Waals surface area contributed by atoms with Crippen LogP contribution in [0.3, 0.4) is 0 Å². The molecule has 0 fully saturated rings. The summed E-state index contributed by atoms with van der Waals surface area (Å²) in [6, 6.07) is 19.0. The Balaban J connectivity index is 2.06. The van der Waals surface area contributed by atoms with Crippen molar-refractivity contribution in [1.82, 2.24) is 0 Å². The molecule has 0 unspecified atom stereocenters. The fraction of sp³-hybridized carbons (Fsp3) is 0.0714. The Kier molecular flexibility index (Phi) is 3.94. The van der Waals surface area contributed by atoms with Crippen LogP contribution in [0.2, 0.25) is 0 Å². The van der Waals surface area contributed by atoms with Crippen LogP contribution in [0.5, 0.6) is 0 Å². The van der Waals surface area contributed by atoms with Gasteiger partial charge in [-0.2, -0.15) is 0 Å². The van der Waals surface area contributed by atoms with Crippen molar-refractivity contribution in [1.29, 1.82) is 0 Å². The topological polar surface area (TPSA) is 29.1 Å². The second-order valence-electron chi connectivity index (χ2n) is 3.63. The van der Waals surface area contributed by atoms with Crippen LogP contribution < -0.4 is 5.32 Å². The molecule has 1 amide bonds. The normalized spacial score (nSPS) is 11.8. The van der Waals surface area contributed by atoms with E-state index < -0.39 is 0 Å². The number of benzene rings is 2. The molecule has 0 aromatic heterocycles. The van der Waals surface area contributed by atoms with Crippen molar-refractivity contribution in [3.63, 3.8) is 0 Å². The van der Waals surface area contributed by atoms with E-state index >= 15 is 0 Å². The van der Waals surface area contributed by atoms with Crippen LogP contribution in [0.1, 0.15) is 10.4 Å². The van der Waals surface area contributed by atoms with Crippen molar-refractivity contribution < 1.29 is 4.79 Å². The van der Waals surface area contributed by atoms with Crippen LogP contribution >= 0.6 is 15.9 Å². The standard InChI is InChI=1S/C14H12BrNO/c15-13(11-7-3-1-4-8-11)14(17)16-12-9-5-2-6-10-12/h1-10,13H,(H,16,17)/t13-/m0/s1. The summed E-state index contributed by atoms with van der Waals surface area (Å²) >= 11 is 3.40. The molecule has 1 N–H and O–H groups in total. The third-order valence-electron chi connectivity index (χ3n) is 2.36. The van der Waals surface area contributed by atoms with E-state index in [2.05, 4.69) is 21.2 Å². The Labute approximate surface area is 109 Å². The number of halogens is 1. The Morgan fingerprint density at radius 2 is 1.47 bits per heavy atom. The van der Waals surface area contributed by atoms with Gasteiger partial charge in [-0.1, -0.05) is 64.5 Å². The summed E-state index contributed by atoms with van der Waals surface area (Å²) in [5, 5.41) is 2.85. The molecule has 0 aliphatic heterocycles. The van der Waals surface area contributed by atoms with Gasteiger partial charge in [-0.15, -0.1) is 0 Å². The van der Waals surface area contributed by atoms with Gasteiger partial charge < -0.3 is 5.32 Å². The average Bonchev–Trinajstić information content (AvgIpc) is 2.40. The molecule has 2 nitrogen and oxygen atoms in total. The van der Waals surface area contributed by atoms with E-state index in [0.717, 1.165) is 11.3 Å². The first-order valence-corrected chi connectivity index (χ1v) is 6.24. The zero-order valence-corrected chi connectivity index (χ0v) is 10.7. The molecule has 0 saturated heterocycles. The summed E-state index contributed by atoms with van der Waals surface area (Å²) < 4.78 is 0. The van der Waals surface area contributed by atoms with E-state index in [0.29, 0.717) is 0 Å². The monoisotopic (exact) mass is 289 g/mol. The second kappa shape index (κ2) is 5.64. The number of nitrogens with one attached hydrogen (secondary N) is 1. The number of hydrogen-bond acceptors (Lipinski definition) is 1. The highest BCUT2D eigenvalue weighted by Crippen LogP contribution is 2.24. The molecular formula is C14H12BrNO. The van der Waals surface area contributed by atoms with Gasteiger partial charge in [0.05, 0.1) is 0 Å². The summed E-state index contributed by atoms with van der Waals surface area (Å²) in [4.78, 5) is 11.6. The van der Waals surface area contributed by atoms with Crippen molar-refractivity contribution in [2.75, 3.05) is 5.32 Å². The fourth-order valence-corrected chi connectivity index (χ4v) is 1.92. The van der Waals surface area contributed by atoms with Crippen LogP contribution in [0.25, 0.3) is 0 Å². The first kappa shape index (κ1) is 11.9. The summed E-state index contributed by atoms with van der Waals surface area (Å²) in [5.41, 5.74) is 1.75. The van der Waals surface area contributed by atoms with Crippen LogP contribution in [0, 0.1) is 0 Å². The smallest absolute Gasteiger partial charge is 0.242 e. The van der Waals surface area contributed by atoms with Gasteiger partial charge in [0, 0.05) is 5.69 Å². The number of para-hydroxylation sites is 1. The third-order valence-corrected chi connectivity index (χ3v) is 3.31. The zero-order chi connectivity index (χ0) is 12.1. The van der Waals surface area contributed by atoms with E-state index in [-0.39, 0.29) is 10.7 Å². The highest BCUT2D eigenvalue weighted by Gasteiger charge is 2.16. The Hall–Kier alpha value is -1.61. The fourth-order valence-electron chi connectivity index (χ4n) is 1.50. The summed E-state index contributed by atoms with van der Waals surface area (Å²) in [6.07, 6.45) is 0. The lowest BCUT2D eigenvalue weighted by Crippen LogP contribution is -2.16. The predicted octanol–water partition coefficient (Wildman–Crippen LogP) is 3.76. The molecular weight excluding hydrogens is 278 g/mol. The highest BCUT2D eigenvalue weighted by molar-refractivity contribution is 9.09. The number of amides is 1. The lowest BCUT2D eigenvalue weighted by atomic mass is 10.1. The SMILES string of the molecule is O=C(Nc1ccccc1)[C@@H](Br)c1ccccc1. The van der Waals surface area contributed by atoms with Gasteiger partial charge in [0.1, 0.15) is 4.83 Å². The first-order valence-electron chi connectivity index (χ1n) is 5.32. The molecule has 2 aromatic carbocycles. The Bertz CT molecular complexity index is 484. The van der Waals surface area contributed by atoms with Crippen molar-refractivity contribution >= 4 is 27.5 Å². The van der Waals surface area contributed by atoms with Gasteiger partial charge in [0.15, 0.2) is 0 Å². The molecule has 0 saturated carbocycles. The molecule has 0 heterocycles. The molecule has 3 heteroatoms. The molecule has 2 rings (SSSR count). The average molecular weight is 290 g/mol. The Morgan fingerprint density at radius 3 is 2.06 bits per heavy atom. The number of alkyl halides is 1. The molecule has 0 radical (unpaired) electrons. The van der Waals surface area contributed by atoms with Crippen LogP contribution in [-0.4, -0.2) is 5.91 Å². The lowest BCUT2D eigenvalue weighted by Gasteiger charge is -2.10. The van der Waals surface area contributed by atoms with E-state index in [1.165, 1.54) is 0 Å². The van der Waals surface area contributed by atoms with Gasteiger partial charge in [-0.25, -0.2) is 0 Å². The predicted molar refractivity (Wildman–Crippen MR) is 73.2 cm³/mol. The van der Waals surface area contributed by atoms with Gasteiger partial charge in [0.25, 0.3) is 0 Å². The minimum absolute atomic E-state index is 0.0672. The lowest BCUT2D eigenvalue weighted by molar-refractivity contribution is -0.115. The van der Waals surface area contributed by atoms with Gasteiger partial charge in [-0.05, 0) is 17.7 Å². The quantitative estimate of drug-likeness (QED) is 0.857. The molecule has 86 valence electrons. The maximum absolute atomic E-state index is 12.0. The van der Waals surface area contributed by atoms with E-state index in [4.69, 9.17) is 0 Å². The number of hydrogen-bond donors (Lipinski definition) is 1. The van der Waals surface area contributed by atoms with Crippen molar-refractivity contribution in [3.05, 3.63) is 66.2 Å². The third kappa shape index (κ3) is 3.17. The summed E-state index contributed by atoms with van der Waals surface area (Å²) in [6.45, 7) is 0. The van der Waals surface area contributed by atoms with Crippen molar-refractivity contribution in [3.8, 4) is 0 Å². The number of carbonyl (C=O) groups is 1. The molecule has 0 spiro atoms. The maximum atomic E-state index is 12.0. The molecule has 0 aliphatic carbocycles. The largest absolute Gasteiger partial charge is 0.325 e. The van der Waals surface area contributed by atoms with E-state index in [9.17, 15) is 4.79 Å². The molecule has 2 aromatic rings. The molecule has 0 bridgehead atoms. The second-order valence-corrected chi connectivity index (χ2v) is 4.54.